The summed E-state index contributed by atoms with van der Waals surface area (Å²) in [6, 6.07) is 5.76. The van der Waals surface area contributed by atoms with Crippen LogP contribution in [0, 0.1) is 24.2 Å². The van der Waals surface area contributed by atoms with E-state index in [1.54, 1.807) is 6.92 Å². The molecule has 2 aromatic heterocycles. The number of rotatable bonds is 6. The maximum Gasteiger partial charge on any atom is 0.350 e. The predicted octanol–water partition coefficient (Wildman–Crippen LogP) is 6.20. The summed E-state index contributed by atoms with van der Waals surface area (Å²) in [6.45, 7) is 8.33. The molecule has 2 heterocycles. The lowest BCUT2D eigenvalue weighted by atomic mass is 9.82. The number of terminal acetylenes is 1. The third-order valence-corrected chi connectivity index (χ3v) is 7.86. The lowest BCUT2D eigenvalue weighted by Gasteiger charge is -2.33. The first-order chi connectivity index (χ1) is 14.3. The Balaban J connectivity index is 2.01. The molecule has 1 aliphatic rings. The molecule has 0 spiro atoms. The van der Waals surface area contributed by atoms with Gasteiger partial charge in [-0.3, -0.25) is 4.79 Å². The highest BCUT2D eigenvalue weighted by molar-refractivity contribution is 7.23. The van der Waals surface area contributed by atoms with E-state index in [1.165, 1.54) is 22.7 Å². The molecule has 1 saturated carbocycles. The first kappa shape index (κ1) is 22.6. The smallest absolute Gasteiger partial charge is 0.350 e. The van der Waals surface area contributed by atoms with E-state index in [4.69, 9.17) is 11.2 Å². The van der Waals surface area contributed by atoms with E-state index in [2.05, 4.69) is 12.8 Å². The summed E-state index contributed by atoms with van der Waals surface area (Å²) in [6.07, 6.45) is 9.49. The number of amides is 1. The van der Waals surface area contributed by atoms with Crippen molar-refractivity contribution in [2.45, 2.75) is 59.4 Å². The minimum absolute atomic E-state index is 0.0109. The van der Waals surface area contributed by atoms with Crippen LogP contribution in [0.25, 0.3) is 9.75 Å². The fraction of sp³-hybridized carbons (Fsp3) is 0.500. The molecular formula is C24H29NO3S2. The van der Waals surface area contributed by atoms with Crippen LogP contribution in [0.5, 0.6) is 0 Å². The topological polar surface area (TPSA) is 46.6 Å². The predicted molar refractivity (Wildman–Crippen MR) is 125 cm³/mol. The molecule has 4 nitrogen and oxygen atoms in total. The maximum atomic E-state index is 13.5. The van der Waals surface area contributed by atoms with Crippen LogP contribution in [0.4, 0.5) is 5.69 Å². The Bertz CT molecular complexity index is 942. The molecule has 0 N–H and O–H groups in total. The Hall–Kier alpha value is -2.10. The molecule has 6 heteroatoms. The average Bonchev–Trinajstić information content (AvgIpc) is 3.35. The molecule has 0 saturated heterocycles. The molecule has 1 aliphatic carbocycles. The van der Waals surface area contributed by atoms with Gasteiger partial charge in [0.15, 0.2) is 0 Å². The molecule has 1 amide bonds. The molecule has 0 radical (unpaired) electrons. The van der Waals surface area contributed by atoms with Crippen LogP contribution in [0.15, 0.2) is 18.2 Å². The number of nitrogens with zero attached hydrogens (tertiary/aromatic N) is 1. The van der Waals surface area contributed by atoms with Gasteiger partial charge in [-0.1, -0.05) is 12.8 Å². The minimum atomic E-state index is -0.381. The van der Waals surface area contributed by atoms with Crippen molar-refractivity contribution < 1.29 is 14.3 Å². The SMILES string of the molecule is C#Cc1ccc(-c2cc(N(C(=O)C3CCC(C)CC3)C(C)C)c(C(=O)OCC)s2)s1. The monoisotopic (exact) mass is 443 g/mol. The van der Waals surface area contributed by atoms with Gasteiger partial charge in [0.2, 0.25) is 5.91 Å². The van der Waals surface area contributed by atoms with Crippen molar-refractivity contribution in [2.75, 3.05) is 11.5 Å². The largest absolute Gasteiger partial charge is 0.462 e. The summed E-state index contributed by atoms with van der Waals surface area (Å²) in [5, 5.41) is 0. The second-order valence-corrected chi connectivity index (χ2v) is 10.2. The zero-order chi connectivity index (χ0) is 21.8. The van der Waals surface area contributed by atoms with Crippen molar-refractivity contribution in [3.8, 4) is 22.1 Å². The standard InChI is InChI=1S/C24H29NO3S2/c1-6-18-12-13-20(29-18)21-14-19(22(30-21)24(27)28-7-2)25(15(3)4)23(26)17-10-8-16(5)9-11-17/h1,12-17H,7-11H2,2-5H3. The summed E-state index contributed by atoms with van der Waals surface area (Å²) in [7, 11) is 0. The van der Waals surface area contributed by atoms with Crippen LogP contribution in [-0.4, -0.2) is 24.5 Å². The van der Waals surface area contributed by atoms with Crippen LogP contribution < -0.4 is 4.90 Å². The number of carbonyl (C=O) groups excluding carboxylic acids is 2. The Morgan fingerprint density at radius 2 is 1.90 bits per heavy atom. The lowest BCUT2D eigenvalue weighted by molar-refractivity contribution is -0.123. The van der Waals surface area contributed by atoms with E-state index in [9.17, 15) is 9.59 Å². The first-order valence-corrected chi connectivity index (χ1v) is 12.2. The molecule has 0 atom stereocenters. The van der Waals surface area contributed by atoms with Gasteiger partial charge in [-0.25, -0.2) is 4.79 Å². The number of hydrogen-bond donors (Lipinski definition) is 0. The third-order valence-electron chi connectivity index (χ3n) is 5.54. The van der Waals surface area contributed by atoms with E-state index in [-0.39, 0.29) is 23.8 Å². The highest BCUT2D eigenvalue weighted by atomic mass is 32.1. The fourth-order valence-electron chi connectivity index (χ4n) is 3.93. The van der Waals surface area contributed by atoms with Crippen molar-refractivity contribution in [2.24, 2.45) is 11.8 Å². The number of esters is 1. The zero-order valence-electron chi connectivity index (χ0n) is 18.1. The van der Waals surface area contributed by atoms with E-state index in [1.807, 2.05) is 36.9 Å². The first-order valence-electron chi connectivity index (χ1n) is 10.6. The Morgan fingerprint density at radius 1 is 1.20 bits per heavy atom. The van der Waals surface area contributed by atoms with Crippen molar-refractivity contribution in [1.82, 2.24) is 0 Å². The van der Waals surface area contributed by atoms with Gasteiger partial charge in [-0.2, -0.15) is 0 Å². The molecule has 3 rings (SSSR count). The normalized spacial score (nSPS) is 18.8. The summed E-state index contributed by atoms with van der Waals surface area (Å²) in [4.78, 5) is 31.3. The molecule has 160 valence electrons. The van der Waals surface area contributed by atoms with Gasteiger partial charge in [0.25, 0.3) is 0 Å². The number of carbonyl (C=O) groups is 2. The van der Waals surface area contributed by atoms with Crippen molar-refractivity contribution in [1.29, 1.82) is 0 Å². The van der Waals surface area contributed by atoms with Gasteiger partial charge in [0, 0.05) is 21.7 Å². The molecular weight excluding hydrogens is 414 g/mol. The van der Waals surface area contributed by atoms with Crippen LogP contribution in [0.2, 0.25) is 0 Å². The average molecular weight is 444 g/mol. The Kier molecular flexibility index (Phi) is 7.38. The Morgan fingerprint density at radius 3 is 2.47 bits per heavy atom. The molecule has 0 unspecified atom stereocenters. The number of thiophene rings is 2. The van der Waals surface area contributed by atoms with Crippen LogP contribution in [0.3, 0.4) is 0 Å². The number of hydrogen-bond acceptors (Lipinski definition) is 5. The summed E-state index contributed by atoms with van der Waals surface area (Å²) >= 11 is 2.88. The van der Waals surface area contributed by atoms with Crippen LogP contribution in [-0.2, 0) is 9.53 Å². The van der Waals surface area contributed by atoms with Crippen molar-refractivity contribution in [3.63, 3.8) is 0 Å². The van der Waals surface area contributed by atoms with Gasteiger partial charge >= 0.3 is 5.97 Å². The fourth-order valence-corrected chi connectivity index (χ4v) is 5.87. The molecule has 0 aliphatic heterocycles. The minimum Gasteiger partial charge on any atom is -0.462 e. The molecule has 0 aromatic carbocycles. The van der Waals surface area contributed by atoms with Crippen molar-refractivity contribution >= 4 is 40.2 Å². The molecule has 0 bridgehead atoms. The Labute approximate surface area is 187 Å². The van der Waals surface area contributed by atoms with E-state index < -0.39 is 0 Å². The van der Waals surface area contributed by atoms with Gasteiger partial charge < -0.3 is 9.64 Å². The highest BCUT2D eigenvalue weighted by Gasteiger charge is 2.33. The van der Waals surface area contributed by atoms with Gasteiger partial charge in [-0.15, -0.1) is 29.1 Å². The van der Waals surface area contributed by atoms with Crippen LogP contribution in [0.1, 0.15) is 67.9 Å². The van der Waals surface area contributed by atoms with E-state index >= 15 is 0 Å². The van der Waals surface area contributed by atoms with Crippen LogP contribution >= 0.6 is 22.7 Å². The second-order valence-electron chi connectivity index (χ2n) is 8.11. The van der Waals surface area contributed by atoms with Gasteiger partial charge in [-0.05, 0) is 70.6 Å². The molecule has 1 fully saturated rings. The molecule has 2 aromatic rings. The quantitative estimate of drug-likeness (QED) is 0.394. The summed E-state index contributed by atoms with van der Waals surface area (Å²) in [5.74, 6) is 3.07. The lowest BCUT2D eigenvalue weighted by Crippen LogP contribution is -2.42. The summed E-state index contributed by atoms with van der Waals surface area (Å²) < 4.78 is 5.32. The molecule has 30 heavy (non-hydrogen) atoms. The van der Waals surface area contributed by atoms with Crippen molar-refractivity contribution in [3.05, 3.63) is 28.0 Å². The third kappa shape index (κ3) is 4.79. The maximum absolute atomic E-state index is 13.5. The zero-order valence-corrected chi connectivity index (χ0v) is 19.7. The highest BCUT2D eigenvalue weighted by Crippen LogP contribution is 2.42. The number of anilines is 1. The number of ether oxygens (including phenoxy) is 1. The van der Waals surface area contributed by atoms with Gasteiger partial charge in [0.1, 0.15) is 4.88 Å². The summed E-state index contributed by atoms with van der Waals surface area (Å²) in [5.41, 5.74) is 0.655. The second kappa shape index (κ2) is 9.80. The van der Waals surface area contributed by atoms with E-state index in [0.717, 1.165) is 40.3 Å². The van der Waals surface area contributed by atoms with Gasteiger partial charge in [0.05, 0.1) is 17.2 Å². The van der Waals surface area contributed by atoms with E-state index in [0.29, 0.717) is 23.1 Å².